The summed E-state index contributed by atoms with van der Waals surface area (Å²) in [5.74, 6) is 0.467. The lowest BCUT2D eigenvalue weighted by atomic mass is 10.1. The Balaban J connectivity index is 1.55. The van der Waals surface area contributed by atoms with Gasteiger partial charge in [0.2, 0.25) is 5.78 Å². The van der Waals surface area contributed by atoms with Crippen molar-refractivity contribution in [3.63, 3.8) is 0 Å². The minimum Gasteiger partial charge on any atom is -0.322 e. The Labute approximate surface area is 137 Å². The third-order valence-corrected chi connectivity index (χ3v) is 3.60. The number of amides is 1. The van der Waals surface area contributed by atoms with Crippen molar-refractivity contribution in [1.29, 1.82) is 0 Å². The van der Waals surface area contributed by atoms with Crippen LogP contribution in [0.1, 0.15) is 10.4 Å². The number of carbonyl (C=O) groups is 1. The molecule has 6 heteroatoms. The van der Waals surface area contributed by atoms with Crippen molar-refractivity contribution < 1.29 is 4.79 Å². The molecule has 0 radical (unpaired) electrons. The Morgan fingerprint density at radius 1 is 1.04 bits per heavy atom. The number of anilines is 1. The van der Waals surface area contributed by atoms with Crippen LogP contribution in [0, 0.1) is 0 Å². The summed E-state index contributed by atoms with van der Waals surface area (Å²) in [5.41, 5.74) is 3.03. The molecule has 116 valence electrons. The third-order valence-electron chi connectivity index (χ3n) is 3.60. The van der Waals surface area contributed by atoms with Gasteiger partial charge in [-0.25, -0.2) is 9.97 Å². The zero-order chi connectivity index (χ0) is 16.4. The molecule has 0 bridgehead atoms. The second kappa shape index (κ2) is 5.92. The lowest BCUT2D eigenvalue weighted by Gasteiger charge is -2.05. The standard InChI is InChI=1S/C18H13N5O/c24-17(14-3-1-8-19-11-14)21-15-6-4-13(5-7-15)16-12-23-10-2-9-20-18(23)22-16/h1-12H,(H,21,24). The van der Waals surface area contributed by atoms with Crippen LogP contribution in [-0.4, -0.2) is 25.3 Å². The van der Waals surface area contributed by atoms with E-state index in [0.717, 1.165) is 16.9 Å². The summed E-state index contributed by atoms with van der Waals surface area (Å²) in [6, 6.07) is 12.8. The van der Waals surface area contributed by atoms with Crippen molar-refractivity contribution >= 4 is 17.4 Å². The van der Waals surface area contributed by atoms with E-state index in [1.54, 1.807) is 24.5 Å². The van der Waals surface area contributed by atoms with E-state index in [9.17, 15) is 4.79 Å². The van der Waals surface area contributed by atoms with Gasteiger partial charge in [-0.15, -0.1) is 0 Å². The van der Waals surface area contributed by atoms with E-state index in [2.05, 4.69) is 20.3 Å². The van der Waals surface area contributed by atoms with Crippen LogP contribution >= 0.6 is 0 Å². The molecule has 24 heavy (non-hydrogen) atoms. The third kappa shape index (κ3) is 2.72. The van der Waals surface area contributed by atoms with Crippen LogP contribution < -0.4 is 5.32 Å². The zero-order valence-electron chi connectivity index (χ0n) is 12.6. The Bertz CT molecular complexity index is 960. The van der Waals surface area contributed by atoms with Crippen LogP contribution in [0.5, 0.6) is 0 Å². The van der Waals surface area contributed by atoms with Crippen molar-refractivity contribution in [3.8, 4) is 11.3 Å². The molecule has 3 aromatic heterocycles. The van der Waals surface area contributed by atoms with Gasteiger partial charge in [0.1, 0.15) is 0 Å². The van der Waals surface area contributed by atoms with Crippen LogP contribution in [0.4, 0.5) is 5.69 Å². The summed E-state index contributed by atoms with van der Waals surface area (Å²) in [6.07, 6.45) is 8.71. The molecule has 6 nitrogen and oxygen atoms in total. The Hall–Kier alpha value is -3.54. The number of fused-ring (bicyclic) bond motifs is 1. The molecule has 0 aliphatic carbocycles. The van der Waals surface area contributed by atoms with Crippen LogP contribution in [0.2, 0.25) is 0 Å². The number of pyridine rings is 1. The molecule has 0 aliphatic rings. The topological polar surface area (TPSA) is 72.2 Å². The maximum absolute atomic E-state index is 12.1. The molecule has 1 N–H and O–H groups in total. The highest BCUT2D eigenvalue weighted by molar-refractivity contribution is 6.04. The largest absolute Gasteiger partial charge is 0.322 e. The first-order chi connectivity index (χ1) is 11.8. The summed E-state index contributed by atoms with van der Waals surface area (Å²) < 4.78 is 1.87. The van der Waals surface area contributed by atoms with Gasteiger partial charge in [-0.05, 0) is 30.3 Å². The molecule has 0 spiro atoms. The highest BCUT2D eigenvalue weighted by Crippen LogP contribution is 2.21. The predicted molar refractivity (Wildman–Crippen MR) is 90.6 cm³/mol. The van der Waals surface area contributed by atoms with Gasteiger partial charge in [0, 0.05) is 42.2 Å². The van der Waals surface area contributed by atoms with E-state index in [-0.39, 0.29) is 5.91 Å². The van der Waals surface area contributed by atoms with Crippen LogP contribution in [0.3, 0.4) is 0 Å². The molecule has 4 aromatic rings. The van der Waals surface area contributed by atoms with E-state index in [4.69, 9.17) is 0 Å². The van der Waals surface area contributed by atoms with Crippen molar-refractivity contribution in [2.75, 3.05) is 5.32 Å². The van der Waals surface area contributed by atoms with Crippen molar-refractivity contribution in [1.82, 2.24) is 19.4 Å². The summed E-state index contributed by atoms with van der Waals surface area (Å²) in [7, 11) is 0. The van der Waals surface area contributed by atoms with Gasteiger partial charge >= 0.3 is 0 Å². The average Bonchev–Trinajstić information content (AvgIpc) is 3.07. The van der Waals surface area contributed by atoms with Gasteiger partial charge in [0.05, 0.1) is 11.3 Å². The molecule has 1 aromatic carbocycles. The Kier molecular flexibility index (Phi) is 3.47. The number of hydrogen-bond acceptors (Lipinski definition) is 4. The lowest BCUT2D eigenvalue weighted by molar-refractivity contribution is 0.102. The van der Waals surface area contributed by atoms with E-state index >= 15 is 0 Å². The van der Waals surface area contributed by atoms with Crippen molar-refractivity contribution in [2.24, 2.45) is 0 Å². The summed E-state index contributed by atoms with van der Waals surface area (Å²) in [6.45, 7) is 0. The molecular formula is C18H13N5O. The van der Waals surface area contributed by atoms with Crippen molar-refractivity contribution in [3.05, 3.63) is 79.0 Å². The first-order valence-corrected chi connectivity index (χ1v) is 7.41. The Morgan fingerprint density at radius 3 is 2.67 bits per heavy atom. The SMILES string of the molecule is O=C(Nc1ccc(-c2cn3cccnc3n2)cc1)c1cccnc1. The molecule has 4 rings (SSSR count). The molecule has 1 amide bonds. The average molecular weight is 315 g/mol. The fourth-order valence-corrected chi connectivity index (χ4v) is 2.39. The molecule has 3 heterocycles. The highest BCUT2D eigenvalue weighted by atomic mass is 16.1. The van der Waals surface area contributed by atoms with Gasteiger partial charge in [0.15, 0.2) is 0 Å². The molecule has 0 saturated carbocycles. The maximum atomic E-state index is 12.1. The second-order valence-corrected chi connectivity index (χ2v) is 5.23. The summed E-state index contributed by atoms with van der Waals surface area (Å²) in [4.78, 5) is 24.7. The first-order valence-electron chi connectivity index (χ1n) is 7.41. The first kappa shape index (κ1) is 14.1. The fraction of sp³-hybridized carbons (Fsp3) is 0. The molecule has 0 saturated heterocycles. The van der Waals surface area contributed by atoms with Crippen LogP contribution in [-0.2, 0) is 0 Å². The smallest absolute Gasteiger partial charge is 0.257 e. The quantitative estimate of drug-likeness (QED) is 0.631. The summed E-state index contributed by atoms with van der Waals surface area (Å²) >= 11 is 0. The number of carbonyl (C=O) groups excluding carboxylic acids is 1. The molecular weight excluding hydrogens is 302 g/mol. The van der Waals surface area contributed by atoms with Crippen LogP contribution in [0.25, 0.3) is 17.0 Å². The minimum atomic E-state index is -0.187. The van der Waals surface area contributed by atoms with Crippen molar-refractivity contribution in [2.45, 2.75) is 0 Å². The number of nitrogens with zero attached hydrogens (tertiary/aromatic N) is 4. The number of aromatic nitrogens is 4. The molecule has 0 aliphatic heterocycles. The Morgan fingerprint density at radius 2 is 1.92 bits per heavy atom. The monoisotopic (exact) mass is 315 g/mol. The van der Waals surface area contributed by atoms with E-state index in [1.807, 2.05) is 47.1 Å². The minimum absolute atomic E-state index is 0.187. The van der Waals surface area contributed by atoms with Gasteiger partial charge in [-0.2, -0.15) is 0 Å². The molecule has 0 unspecified atom stereocenters. The van der Waals surface area contributed by atoms with Gasteiger partial charge < -0.3 is 5.32 Å². The van der Waals surface area contributed by atoms with E-state index < -0.39 is 0 Å². The van der Waals surface area contributed by atoms with Gasteiger partial charge in [0.25, 0.3) is 5.91 Å². The predicted octanol–water partition coefficient (Wildman–Crippen LogP) is 3.04. The molecule has 0 fully saturated rings. The zero-order valence-corrected chi connectivity index (χ0v) is 12.6. The molecule has 0 atom stereocenters. The van der Waals surface area contributed by atoms with Gasteiger partial charge in [-0.1, -0.05) is 12.1 Å². The second-order valence-electron chi connectivity index (χ2n) is 5.23. The van der Waals surface area contributed by atoms with E-state index in [1.165, 1.54) is 6.20 Å². The fourth-order valence-electron chi connectivity index (χ4n) is 2.39. The summed E-state index contributed by atoms with van der Waals surface area (Å²) in [5, 5.41) is 2.85. The van der Waals surface area contributed by atoms with Crippen LogP contribution in [0.15, 0.2) is 73.4 Å². The number of imidazole rings is 1. The maximum Gasteiger partial charge on any atom is 0.257 e. The highest BCUT2D eigenvalue weighted by Gasteiger charge is 2.07. The number of hydrogen-bond donors (Lipinski definition) is 1. The number of benzene rings is 1. The number of nitrogens with one attached hydrogen (secondary N) is 1. The normalized spacial score (nSPS) is 10.7. The lowest BCUT2D eigenvalue weighted by Crippen LogP contribution is -2.11. The number of rotatable bonds is 3. The van der Waals surface area contributed by atoms with Gasteiger partial charge in [-0.3, -0.25) is 14.2 Å². The van der Waals surface area contributed by atoms with E-state index in [0.29, 0.717) is 11.3 Å².